The highest BCUT2D eigenvalue weighted by Crippen LogP contribution is 2.36. The Morgan fingerprint density at radius 1 is 1.28 bits per heavy atom. The molecule has 0 saturated heterocycles. The molecule has 25 heavy (non-hydrogen) atoms. The molecule has 3 aromatic rings. The molecule has 4 rings (SSSR count). The molecule has 1 aromatic heterocycles. The number of hydrogen-bond acceptors (Lipinski definition) is 4. The van der Waals surface area contributed by atoms with Crippen molar-refractivity contribution in [2.24, 2.45) is 0 Å². The number of aromatic nitrogens is 2. The summed E-state index contributed by atoms with van der Waals surface area (Å²) in [5, 5.41) is 16.1. The number of carbonyl (C=O) groups excluding carboxylic acids is 1. The molecule has 0 radical (unpaired) electrons. The minimum Gasteiger partial charge on any atom is -0.488 e. The first-order valence-corrected chi connectivity index (χ1v) is 7.81. The molecular weight excluding hydrogens is 316 g/mol. The highest BCUT2D eigenvalue weighted by molar-refractivity contribution is 5.91. The zero-order valence-corrected chi connectivity index (χ0v) is 13.3. The highest BCUT2D eigenvalue weighted by Gasteiger charge is 2.22. The maximum Gasteiger partial charge on any atom is 0.246 e. The maximum absolute atomic E-state index is 12.4. The van der Waals surface area contributed by atoms with Crippen LogP contribution in [0, 0.1) is 11.3 Å². The molecule has 0 aliphatic carbocycles. The zero-order valence-electron chi connectivity index (χ0n) is 13.3. The van der Waals surface area contributed by atoms with Crippen LogP contribution in [0.4, 0.5) is 5.69 Å². The van der Waals surface area contributed by atoms with E-state index in [0.29, 0.717) is 17.9 Å². The Balaban J connectivity index is 1.58. The quantitative estimate of drug-likeness (QED) is 0.800. The number of hydrogen-bond donors (Lipinski definition) is 1. The fourth-order valence-corrected chi connectivity index (χ4v) is 2.91. The van der Waals surface area contributed by atoms with Gasteiger partial charge < -0.3 is 10.1 Å². The summed E-state index contributed by atoms with van der Waals surface area (Å²) in [5.74, 6) is 0.587. The predicted molar refractivity (Wildman–Crippen MR) is 91.8 cm³/mol. The number of nitriles is 1. The smallest absolute Gasteiger partial charge is 0.246 e. The number of nitrogens with one attached hydrogen (secondary N) is 1. The van der Waals surface area contributed by atoms with Gasteiger partial charge in [0.2, 0.25) is 5.91 Å². The summed E-state index contributed by atoms with van der Waals surface area (Å²) in [4.78, 5) is 12.4. The number of fused-ring (bicyclic) bond motifs is 3. The van der Waals surface area contributed by atoms with Crippen LogP contribution in [-0.2, 0) is 17.9 Å². The van der Waals surface area contributed by atoms with Crippen molar-refractivity contribution in [2.45, 2.75) is 13.2 Å². The van der Waals surface area contributed by atoms with E-state index < -0.39 is 0 Å². The second kappa shape index (κ2) is 6.13. The van der Waals surface area contributed by atoms with E-state index in [1.165, 1.54) is 0 Å². The number of ether oxygens (including phenoxy) is 1. The van der Waals surface area contributed by atoms with Crippen molar-refractivity contribution in [2.75, 3.05) is 5.32 Å². The van der Waals surface area contributed by atoms with Crippen LogP contribution in [0.1, 0.15) is 11.1 Å². The molecule has 122 valence electrons. The summed E-state index contributed by atoms with van der Waals surface area (Å²) in [6.07, 6.45) is 1.73. The molecule has 2 heterocycles. The van der Waals surface area contributed by atoms with Gasteiger partial charge in [0.15, 0.2) is 0 Å². The lowest BCUT2D eigenvalue weighted by Crippen LogP contribution is -2.20. The Morgan fingerprint density at radius 2 is 2.16 bits per heavy atom. The van der Waals surface area contributed by atoms with E-state index in [1.54, 1.807) is 35.1 Å². The lowest BCUT2D eigenvalue weighted by atomic mass is 10.0. The van der Waals surface area contributed by atoms with Crippen LogP contribution < -0.4 is 10.1 Å². The van der Waals surface area contributed by atoms with Gasteiger partial charge >= 0.3 is 0 Å². The third-order valence-corrected chi connectivity index (χ3v) is 4.01. The Morgan fingerprint density at radius 3 is 3.04 bits per heavy atom. The van der Waals surface area contributed by atoms with Crippen LogP contribution in [0.3, 0.4) is 0 Å². The average Bonchev–Trinajstić information content (AvgIpc) is 3.05. The van der Waals surface area contributed by atoms with E-state index in [2.05, 4.69) is 16.5 Å². The van der Waals surface area contributed by atoms with Crippen molar-refractivity contribution >= 4 is 11.6 Å². The molecule has 1 aliphatic rings. The van der Waals surface area contributed by atoms with Gasteiger partial charge in [-0.05, 0) is 30.3 Å². The number of carbonyl (C=O) groups is 1. The van der Waals surface area contributed by atoms with E-state index in [4.69, 9.17) is 10.00 Å². The van der Waals surface area contributed by atoms with Crippen LogP contribution in [-0.4, -0.2) is 15.7 Å². The molecule has 6 heteroatoms. The number of nitrogens with zero attached hydrogens (tertiary/aromatic N) is 3. The third-order valence-electron chi connectivity index (χ3n) is 4.01. The van der Waals surface area contributed by atoms with Crippen LogP contribution in [0.5, 0.6) is 5.75 Å². The van der Waals surface area contributed by atoms with Crippen molar-refractivity contribution in [1.82, 2.24) is 9.78 Å². The zero-order chi connectivity index (χ0) is 17.2. The average molecular weight is 330 g/mol. The maximum atomic E-state index is 12.4. The molecule has 0 fully saturated rings. The minimum absolute atomic E-state index is 0.0838. The summed E-state index contributed by atoms with van der Waals surface area (Å²) < 4.78 is 7.39. The van der Waals surface area contributed by atoms with Gasteiger partial charge in [0.05, 0.1) is 23.5 Å². The first-order chi connectivity index (χ1) is 12.2. The van der Waals surface area contributed by atoms with Crippen LogP contribution in [0.25, 0.3) is 11.3 Å². The molecule has 0 atom stereocenters. The topological polar surface area (TPSA) is 79.9 Å². The van der Waals surface area contributed by atoms with Gasteiger partial charge in [0, 0.05) is 16.8 Å². The fraction of sp³-hybridized carbons (Fsp3) is 0.105. The van der Waals surface area contributed by atoms with Crippen molar-refractivity contribution in [3.8, 4) is 23.1 Å². The summed E-state index contributed by atoms with van der Waals surface area (Å²) in [6.45, 7) is 0.526. The van der Waals surface area contributed by atoms with Crippen molar-refractivity contribution < 1.29 is 9.53 Å². The Labute approximate surface area is 144 Å². The minimum atomic E-state index is -0.204. The number of benzene rings is 2. The predicted octanol–water partition coefficient (Wildman–Crippen LogP) is 2.95. The molecule has 1 N–H and O–H groups in total. The lowest BCUT2D eigenvalue weighted by molar-refractivity contribution is -0.116. The highest BCUT2D eigenvalue weighted by atomic mass is 16.5. The molecule has 0 spiro atoms. The van der Waals surface area contributed by atoms with Gasteiger partial charge in [-0.2, -0.15) is 10.4 Å². The van der Waals surface area contributed by atoms with Gasteiger partial charge in [0.25, 0.3) is 0 Å². The summed E-state index contributed by atoms with van der Waals surface area (Å²) >= 11 is 0. The normalized spacial score (nSPS) is 11.6. The van der Waals surface area contributed by atoms with E-state index in [-0.39, 0.29) is 12.5 Å². The second-order valence-corrected chi connectivity index (χ2v) is 5.70. The van der Waals surface area contributed by atoms with Gasteiger partial charge in [-0.15, -0.1) is 0 Å². The van der Waals surface area contributed by atoms with Gasteiger partial charge in [-0.25, -0.2) is 0 Å². The molecule has 1 amide bonds. The van der Waals surface area contributed by atoms with Crippen molar-refractivity contribution in [3.63, 3.8) is 0 Å². The Bertz CT molecular complexity index is 1000. The van der Waals surface area contributed by atoms with Crippen LogP contribution >= 0.6 is 0 Å². The molecular formula is C19H14N4O2. The van der Waals surface area contributed by atoms with Crippen LogP contribution in [0.15, 0.2) is 54.7 Å². The Hall–Kier alpha value is -3.59. The fourth-order valence-electron chi connectivity index (χ4n) is 2.91. The number of anilines is 1. The first kappa shape index (κ1) is 15.0. The molecule has 6 nitrogen and oxygen atoms in total. The molecule has 1 aliphatic heterocycles. The van der Waals surface area contributed by atoms with Crippen molar-refractivity contribution in [1.29, 1.82) is 5.26 Å². The van der Waals surface area contributed by atoms with E-state index in [9.17, 15) is 4.79 Å². The van der Waals surface area contributed by atoms with Gasteiger partial charge in [-0.3, -0.25) is 9.48 Å². The monoisotopic (exact) mass is 330 g/mol. The Kier molecular flexibility index (Phi) is 3.67. The summed E-state index contributed by atoms with van der Waals surface area (Å²) in [7, 11) is 0. The van der Waals surface area contributed by atoms with E-state index in [1.807, 2.05) is 24.3 Å². The van der Waals surface area contributed by atoms with Gasteiger partial charge in [-0.1, -0.05) is 18.2 Å². The summed E-state index contributed by atoms with van der Waals surface area (Å²) in [5.41, 5.74) is 3.88. The van der Waals surface area contributed by atoms with E-state index in [0.717, 1.165) is 22.6 Å². The molecule has 0 bridgehead atoms. The molecule has 0 unspecified atom stereocenters. The second-order valence-electron chi connectivity index (χ2n) is 5.70. The number of para-hydroxylation sites is 1. The third kappa shape index (κ3) is 2.83. The molecule has 0 saturated carbocycles. The van der Waals surface area contributed by atoms with E-state index >= 15 is 0 Å². The lowest BCUT2D eigenvalue weighted by Gasteiger charge is -2.19. The van der Waals surface area contributed by atoms with Crippen molar-refractivity contribution in [3.05, 3.63) is 65.9 Å². The number of rotatable bonds is 3. The molecule has 2 aromatic carbocycles. The SMILES string of the molecule is N#Cc1cccc(NC(=O)Cn2ncc3c2-c2ccccc2OC3)c1. The largest absolute Gasteiger partial charge is 0.488 e. The standard InChI is InChI=1S/C19H14N4O2/c20-9-13-4-3-5-15(8-13)22-18(24)11-23-19-14(10-21-23)12-25-17-7-2-1-6-16(17)19/h1-8,10H,11-12H2,(H,22,24). The van der Waals surface area contributed by atoms with Crippen LogP contribution in [0.2, 0.25) is 0 Å². The number of amides is 1. The van der Waals surface area contributed by atoms with Gasteiger partial charge in [0.1, 0.15) is 18.9 Å². The first-order valence-electron chi connectivity index (χ1n) is 7.81. The summed E-state index contributed by atoms with van der Waals surface area (Å²) in [6, 6.07) is 16.6.